The molecule has 2 rings (SSSR count). The van der Waals surface area contributed by atoms with Gasteiger partial charge >= 0.3 is 5.97 Å². The Kier molecular flexibility index (Phi) is 5.40. The summed E-state index contributed by atoms with van der Waals surface area (Å²) in [7, 11) is 1.73. The molecular weight excluding hydrogens is 258 g/mol. The van der Waals surface area contributed by atoms with Crippen molar-refractivity contribution in [3.8, 4) is 0 Å². The maximum atomic E-state index is 12.6. The monoisotopic (exact) mass is 283 g/mol. The van der Waals surface area contributed by atoms with Gasteiger partial charge in [0.25, 0.3) is 0 Å². The summed E-state index contributed by atoms with van der Waals surface area (Å²) < 4.78 is 5.26. The molecule has 2 fully saturated rings. The van der Waals surface area contributed by atoms with Crippen molar-refractivity contribution in [1.82, 2.24) is 4.90 Å². The summed E-state index contributed by atoms with van der Waals surface area (Å²) in [5.74, 6) is -1.29. The molecule has 20 heavy (non-hydrogen) atoms. The summed E-state index contributed by atoms with van der Waals surface area (Å²) in [6.07, 6.45) is 7.77. The molecule has 2 aliphatic rings. The van der Waals surface area contributed by atoms with Crippen LogP contribution in [-0.2, 0) is 14.3 Å². The molecule has 0 aromatic carbocycles. The number of rotatable bonds is 3. The van der Waals surface area contributed by atoms with E-state index in [2.05, 4.69) is 0 Å². The lowest BCUT2D eigenvalue weighted by atomic mass is 9.89. The Labute approximate surface area is 120 Å². The molecule has 5 heteroatoms. The number of likely N-dealkylation sites (N-methyl/N-ethyl adjacent to an activating group) is 1. The number of hydrogen-bond acceptors (Lipinski definition) is 3. The number of carboxylic acid groups (broad SMARTS) is 1. The van der Waals surface area contributed by atoms with E-state index in [0.717, 1.165) is 25.7 Å². The Hall–Kier alpha value is -1.10. The normalized spacial score (nSPS) is 28.6. The van der Waals surface area contributed by atoms with Gasteiger partial charge in [0.1, 0.15) is 5.92 Å². The molecule has 1 N–H and O–H groups in total. The van der Waals surface area contributed by atoms with Crippen LogP contribution in [0, 0.1) is 11.8 Å². The van der Waals surface area contributed by atoms with E-state index in [1.165, 1.54) is 19.3 Å². The van der Waals surface area contributed by atoms with E-state index in [1.54, 1.807) is 11.9 Å². The lowest BCUT2D eigenvalue weighted by molar-refractivity contribution is -0.145. The van der Waals surface area contributed by atoms with Crippen LogP contribution in [0.5, 0.6) is 0 Å². The van der Waals surface area contributed by atoms with Crippen LogP contribution in [0.2, 0.25) is 0 Å². The van der Waals surface area contributed by atoms with Crippen LogP contribution in [0.25, 0.3) is 0 Å². The molecule has 1 saturated heterocycles. The molecule has 114 valence electrons. The van der Waals surface area contributed by atoms with Crippen molar-refractivity contribution in [1.29, 1.82) is 0 Å². The van der Waals surface area contributed by atoms with Gasteiger partial charge in [0, 0.05) is 13.0 Å². The predicted octanol–water partition coefficient (Wildman–Crippen LogP) is 1.90. The smallest absolute Gasteiger partial charge is 0.311 e. The van der Waals surface area contributed by atoms with Crippen LogP contribution in [0.1, 0.15) is 44.9 Å². The van der Waals surface area contributed by atoms with Gasteiger partial charge in [0.05, 0.1) is 19.3 Å². The van der Waals surface area contributed by atoms with E-state index in [1.807, 2.05) is 0 Å². The highest BCUT2D eigenvalue weighted by Crippen LogP contribution is 2.26. The van der Waals surface area contributed by atoms with Crippen molar-refractivity contribution < 1.29 is 19.4 Å². The third kappa shape index (κ3) is 3.51. The summed E-state index contributed by atoms with van der Waals surface area (Å²) in [4.78, 5) is 25.4. The number of aliphatic carboxylic acids is 1. The molecule has 1 aliphatic heterocycles. The molecule has 2 atom stereocenters. The maximum Gasteiger partial charge on any atom is 0.311 e. The van der Waals surface area contributed by atoms with E-state index in [0.29, 0.717) is 6.61 Å². The Morgan fingerprint density at radius 3 is 2.25 bits per heavy atom. The first-order valence-electron chi connectivity index (χ1n) is 7.68. The largest absolute Gasteiger partial charge is 0.481 e. The van der Waals surface area contributed by atoms with Crippen molar-refractivity contribution >= 4 is 11.9 Å². The number of nitrogens with zero attached hydrogens (tertiary/aromatic N) is 1. The summed E-state index contributed by atoms with van der Waals surface area (Å²) in [6, 6.07) is -0.314. The molecular formula is C15H25NO4. The zero-order valence-electron chi connectivity index (χ0n) is 12.2. The minimum atomic E-state index is -0.871. The Bertz CT molecular complexity index is 350. The zero-order chi connectivity index (χ0) is 14.5. The molecule has 1 heterocycles. The van der Waals surface area contributed by atoms with Crippen LogP contribution in [0.4, 0.5) is 0 Å². The fourth-order valence-corrected chi connectivity index (χ4v) is 3.32. The van der Waals surface area contributed by atoms with Crippen molar-refractivity contribution in [2.24, 2.45) is 11.8 Å². The van der Waals surface area contributed by atoms with Gasteiger partial charge in [-0.1, -0.05) is 32.1 Å². The molecule has 0 bridgehead atoms. The molecule has 0 spiro atoms. The molecule has 1 amide bonds. The Balaban J connectivity index is 1.97. The predicted molar refractivity (Wildman–Crippen MR) is 74.3 cm³/mol. The third-order valence-corrected chi connectivity index (χ3v) is 4.67. The topological polar surface area (TPSA) is 66.8 Å². The number of carbonyl (C=O) groups excluding carboxylic acids is 1. The molecule has 0 aromatic heterocycles. The Morgan fingerprint density at radius 2 is 1.65 bits per heavy atom. The standard InChI is InChI=1S/C15H25NO4/c1-16(13-10-20-9-12(13)15(18)19)14(17)11-7-5-3-2-4-6-8-11/h11-13H,2-10H2,1H3,(H,18,19). The lowest BCUT2D eigenvalue weighted by Gasteiger charge is -2.30. The van der Waals surface area contributed by atoms with E-state index in [9.17, 15) is 14.7 Å². The molecule has 1 saturated carbocycles. The van der Waals surface area contributed by atoms with Crippen LogP contribution in [0.3, 0.4) is 0 Å². The number of hydrogen-bond donors (Lipinski definition) is 1. The highest BCUT2D eigenvalue weighted by Gasteiger charge is 2.39. The first-order chi connectivity index (χ1) is 9.61. The number of carbonyl (C=O) groups is 2. The van der Waals surface area contributed by atoms with Gasteiger partial charge in [0.15, 0.2) is 0 Å². The summed E-state index contributed by atoms with van der Waals surface area (Å²) in [5, 5.41) is 9.19. The SMILES string of the molecule is CN(C(=O)C1CCCCCCC1)C1COCC1C(=O)O. The first-order valence-corrected chi connectivity index (χ1v) is 7.68. The van der Waals surface area contributed by atoms with E-state index in [-0.39, 0.29) is 24.5 Å². The molecule has 5 nitrogen and oxygen atoms in total. The Morgan fingerprint density at radius 1 is 1.05 bits per heavy atom. The number of ether oxygens (including phenoxy) is 1. The average Bonchev–Trinajstić information content (AvgIpc) is 2.86. The minimum absolute atomic E-state index is 0.0651. The van der Waals surface area contributed by atoms with Gasteiger partial charge < -0.3 is 14.7 Å². The van der Waals surface area contributed by atoms with E-state index < -0.39 is 11.9 Å². The first kappa shape index (κ1) is 15.3. The average molecular weight is 283 g/mol. The lowest BCUT2D eigenvalue weighted by Crippen LogP contribution is -2.46. The summed E-state index contributed by atoms with van der Waals surface area (Å²) in [5.41, 5.74) is 0. The van der Waals surface area contributed by atoms with Crippen molar-refractivity contribution in [2.45, 2.75) is 51.0 Å². The summed E-state index contributed by atoms with van der Waals surface area (Å²) >= 11 is 0. The highest BCUT2D eigenvalue weighted by atomic mass is 16.5. The second-order valence-corrected chi connectivity index (χ2v) is 6.04. The maximum absolute atomic E-state index is 12.6. The molecule has 1 aliphatic carbocycles. The van der Waals surface area contributed by atoms with Crippen molar-refractivity contribution in [3.63, 3.8) is 0 Å². The second kappa shape index (κ2) is 7.07. The van der Waals surface area contributed by atoms with Crippen molar-refractivity contribution in [3.05, 3.63) is 0 Å². The van der Waals surface area contributed by atoms with Gasteiger partial charge in [-0.25, -0.2) is 0 Å². The van der Waals surface area contributed by atoms with Gasteiger partial charge in [-0.15, -0.1) is 0 Å². The quantitative estimate of drug-likeness (QED) is 0.859. The van der Waals surface area contributed by atoms with E-state index in [4.69, 9.17) is 4.74 Å². The van der Waals surface area contributed by atoms with Crippen LogP contribution in [-0.4, -0.2) is 48.2 Å². The van der Waals surface area contributed by atoms with Crippen molar-refractivity contribution in [2.75, 3.05) is 20.3 Å². The van der Waals surface area contributed by atoms with Crippen LogP contribution in [0.15, 0.2) is 0 Å². The summed E-state index contributed by atoms with van der Waals surface area (Å²) in [6.45, 7) is 0.550. The fraction of sp³-hybridized carbons (Fsp3) is 0.867. The minimum Gasteiger partial charge on any atom is -0.481 e. The van der Waals surface area contributed by atoms with Gasteiger partial charge in [0.2, 0.25) is 5.91 Å². The van der Waals surface area contributed by atoms with Gasteiger partial charge in [-0.2, -0.15) is 0 Å². The highest BCUT2D eigenvalue weighted by molar-refractivity contribution is 5.80. The molecule has 0 radical (unpaired) electrons. The van der Waals surface area contributed by atoms with E-state index >= 15 is 0 Å². The number of amides is 1. The van der Waals surface area contributed by atoms with Crippen LogP contribution < -0.4 is 0 Å². The second-order valence-electron chi connectivity index (χ2n) is 6.04. The fourth-order valence-electron chi connectivity index (χ4n) is 3.32. The van der Waals surface area contributed by atoms with Gasteiger partial charge in [-0.05, 0) is 12.8 Å². The molecule has 2 unspecified atom stereocenters. The zero-order valence-corrected chi connectivity index (χ0v) is 12.2. The number of carboxylic acids is 1. The molecule has 0 aromatic rings. The van der Waals surface area contributed by atoms with Gasteiger partial charge in [-0.3, -0.25) is 9.59 Å². The third-order valence-electron chi connectivity index (χ3n) is 4.67. The van der Waals surface area contributed by atoms with Crippen LogP contribution >= 0.6 is 0 Å².